The van der Waals surface area contributed by atoms with Gasteiger partial charge in [0.2, 0.25) is 0 Å². The van der Waals surface area contributed by atoms with Crippen LogP contribution in [0.1, 0.15) is 28.4 Å². The summed E-state index contributed by atoms with van der Waals surface area (Å²) in [4.78, 5) is 21.3. The molecule has 168 valence electrons. The van der Waals surface area contributed by atoms with Crippen LogP contribution in [0.4, 0.5) is 5.82 Å². The Labute approximate surface area is 194 Å². The second-order valence-corrected chi connectivity index (χ2v) is 7.44. The molecule has 7 nitrogen and oxygen atoms in total. The zero-order valence-corrected chi connectivity index (χ0v) is 18.8. The molecule has 0 N–H and O–H groups in total. The number of anilines is 1. The molecule has 0 radical (unpaired) electrons. The summed E-state index contributed by atoms with van der Waals surface area (Å²) in [5.74, 6) is 6.57. The van der Waals surface area contributed by atoms with E-state index in [0.717, 1.165) is 36.3 Å². The molecule has 33 heavy (non-hydrogen) atoms. The molecule has 4 rings (SSSR count). The highest BCUT2D eigenvalue weighted by Crippen LogP contribution is 2.25. The van der Waals surface area contributed by atoms with E-state index in [1.165, 1.54) is 7.11 Å². The Morgan fingerprint density at radius 1 is 1.12 bits per heavy atom. The van der Waals surface area contributed by atoms with E-state index in [1.807, 2.05) is 36.4 Å². The van der Waals surface area contributed by atoms with Gasteiger partial charge in [0.05, 0.1) is 31.6 Å². The highest BCUT2D eigenvalue weighted by molar-refractivity contribution is 5.91. The smallest absolute Gasteiger partial charge is 0.338 e. The van der Waals surface area contributed by atoms with Gasteiger partial charge in [-0.1, -0.05) is 24.0 Å². The molecule has 2 aromatic heterocycles. The van der Waals surface area contributed by atoms with Crippen molar-refractivity contribution < 1.29 is 14.3 Å². The Morgan fingerprint density at radius 3 is 2.55 bits per heavy atom. The summed E-state index contributed by atoms with van der Waals surface area (Å²) in [6.07, 6.45) is 3.46. The number of carbonyl (C=O) groups is 1. The van der Waals surface area contributed by atoms with Crippen LogP contribution in [-0.2, 0) is 9.47 Å². The second-order valence-electron chi connectivity index (χ2n) is 7.44. The minimum atomic E-state index is -0.392. The number of benzene rings is 1. The third-order valence-corrected chi connectivity index (χ3v) is 5.32. The normalized spacial score (nSPS) is 13.6. The molecule has 1 saturated heterocycles. The van der Waals surface area contributed by atoms with Crippen LogP contribution in [0, 0.1) is 11.8 Å². The summed E-state index contributed by atoms with van der Waals surface area (Å²) in [6.45, 7) is 5.68. The number of hydrazine groups is 1. The first kappa shape index (κ1) is 22.5. The average Bonchev–Trinajstić information content (AvgIpc) is 2.89. The van der Waals surface area contributed by atoms with Gasteiger partial charge in [-0.05, 0) is 43.3 Å². The maximum Gasteiger partial charge on any atom is 0.338 e. The van der Waals surface area contributed by atoms with Crippen molar-refractivity contribution in [2.45, 2.75) is 6.92 Å². The lowest BCUT2D eigenvalue weighted by Crippen LogP contribution is -2.49. The lowest BCUT2D eigenvalue weighted by atomic mass is 10.1. The summed E-state index contributed by atoms with van der Waals surface area (Å²) in [6, 6.07) is 15.2. The van der Waals surface area contributed by atoms with Gasteiger partial charge in [-0.3, -0.25) is 9.99 Å². The predicted octanol–water partition coefficient (Wildman–Crippen LogP) is 3.40. The number of morpholine rings is 1. The van der Waals surface area contributed by atoms with Crippen LogP contribution in [0.5, 0.6) is 0 Å². The first-order valence-corrected chi connectivity index (χ1v) is 10.9. The van der Waals surface area contributed by atoms with E-state index >= 15 is 0 Å². The van der Waals surface area contributed by atoms with Crippen molar-refractivity contribution in [1.82, 2.24) is 15.0 Å². The topological polar surface area (TPSA) is 67.8 Å². The molecule has 1 aromatic carbocycles. The third kappa shape index (κ3) is 5.55. The number of ether oxygens (including phenoxy) is 2. The number of methoxy groups -OCH3 is 1. The van der Waals surface area contributed by atoms with Gasteiger partial charge in [0.1, 0.15) is 5.82 Å². The van der Waals surface area contributed by atoms with Crippen molar-refractivity contribution in [2.75, 3.05) is 45.0 Å². The van der Waals surface area contributed by atoms with Gasteiger partial charge in [-0.2, -0.15) is 0 Å². The van der Waals surface area contributed by atoms with Crippen molar-refractivity contribution in [3.63, 3.8) is 0 Å². The molecule has 1 aliphatic heterocycles. The monoisotopic (exact) mass is 442 g/mol. The molecule has 7 heteroatoms. The fraction of sp³-hybridized carbons (Fsp3) is 0.269. The molecule has 1 fully saturated rings. The van der Waals surface area contributed by atoms with E-state index in [-0.39, 0.29) is 0 Å². The number of pyridine rings is 2. The minimum Gasteiger partial charge on any atom is -0.465 e. The van der Waals surface area contributed by atoms with Gasteiger partial charge in [0, 0.05) is 48.7 Å². The SMILES string of the molecule is CCN(c1cc(C(=O)OC)cc(-c2ccc(C#Cc3cccnc3)cc2)n1)N1CCOCC1. The maximum atomic E-state index is 12.4. The van der Waals surface area contributed by atoms with Gasteiger partial charge in [-0.25, -0.2) is 14.8 Å². The molecule has 0 unspecified atom stereocenters. The number of hydrogen-bond acceptors (Lipinski definition) is 7. The second kappa shape index (κ2) is 10.7. The Bertz CT molecular complexity index is 1150. The zero-order chi connectivity index (χ0) is 23.0. The molecular weight excluding hydrogens is 416 g/mol. The third-order valence-electron chi connectivity index (χ3n) is 5.32. The Kier molecular flexibility index (Phi) is 7.30. The summed E-state index contributed by atoms with van der Waals surface area (Å²) in [5, 5.41) is 4.29. The standard InChI is InChI=1S/C26H26N4O3/c1-3-30(29-13-15-33-16-14-29)25-18-23(26(31)32-2)17-24(28-25)22-10-8-20(9-11-22)6-7-21-5-4-12-27-19-21/h4-5,8-12,17-19H,3,13-16H2,1-2H3. The molecule has 0 bridgehead atoms. The number of carbonyl (C=O) groups excluding carboxylic acids is 1. The van der Waals surface area contributed by atoms with Crippen LogP contribution in [0.25, 0.3) is 11.3 Å². The molecule has 1 aliphatic rings. The maximum absolute atomic E-state index is 12.4. The van der Waals surface area contributed by atoms with Gasteiger partial charge < -0.3 is 9.47 Å². The lowest BCUT2D eigenvalue weighted by Gasteiger charge is -2.37. The molecular formula is C26H26N4O3. The first-order chi connectivity index (χ1) is 16.2. The van der Waals surface area contributed by atoms with E-state index in [1.54, 1.807) is 24.5 Å². The fourth-order valence-corrected chi connectivity index (χ4v) is 3.64. The molecule has 0 spiro atoms. The number of hydrogen-bond donors (Lipinski definition) is 0. The van der Waals surface area contributed by atoms with Gasteiger partial charge in [0.25, 0.3) is 0 Å². The van der Waals surface area contributed by atoms with Crippen LogP contribution in [0.15, 0.2) is 60.9 Å². The lowest BCUT2D eigenvalue weighted by molar-refractivity contribution is 0.0318. The quantitative estimate of drug-likeness (QED) is 0.443. The highest BCUT2D eigenvalue weighted by atomic mass is 16.5. The summed E-state index contributed by atoms with van der Waals surface area (Å²) < 4.78 is 10.5. The Morgan fingerprint density at radius 2 is 1.88 bits per heavy atom. The van der Waals surface area contributed by atoms with Crippen LogP contribution < -0.4 is 5.01 Å². The van der Waals surface area contributed by atoms with Gasteiger partial charge in [-0.15, -0.1) is 0 Å². The number of rotatable bonds is 5. The Hall–Kier alpha value is -3.73. The first-order valence-electron chi connectivity index (χ1n) is 10.9. The van der Waals surface area contributed by atoms with E-state index in [2.05, 4.69) is 33.8 Å². The van der Waals surface area contributed by atoms with Crippen molar-refractivity contribution in [3.8, 4) is 23.1 Å². The van der Waals surface area contributed by atoms with Crippen LogP contribution in [-0.4, -0.2) is 60.9 Å². The van der Waals surface area contributed by atoms with Gasteiger partial charge >= 0.3 is 5.97 Å². The molecule has 0 saturated carbocycles. The predicted molar refractivity (Wildman–Crippen MR) is 127 cm³/mol. The molecule has 0 atom stereocenters. The summed E-state index contributed by atoms with van der Waals surface area (Å²) >= 11 is 0. The Balaban J connectivity index is 1.65. The molecule has 0 aliphatic carbocycles. The number of esters is 1. The highest BCUT2D eigenvalue weighted by Gasteiger charge is 2.21. The molecule has 0 amide bonds. The van der Waals surface area contributed by atoms with Crippen molar-refractivity contribution in [3.05, 3.63) is 77.6 Å². The molecule has 3 heterocycles. The molecule has 3 aromatic rings. The summed E-state index contributed by atoms with van der Waals surface area (Å²) in [5.41, 5.74) is 3.81. The largest absolute Gasteiger partial charge is 0.465 e. The van der Waals surface area contributed by atoms with Crippen LogP contribution in [0.2, 0.25) is 0 Å². The average molecular weight is 443 g/mol. The van der Waals surface area contributed by atoms with E-state index in [9.17, 15) is 4.79 Å². The van der Waals surface area contributed by atoms with Crippen molar-refractivity contribution in [1.29, 1.82) is 0 Å². The summed E-state index contributed by atoms with van der Waals surface area (Å²) in [7, 11) is 1.39. The van der Waals surface area contributed by atoms with Gasteiger partial charge in [0.15, 0.2) is 0 Å². The van der Waals surface area contributed by atoms with Crippen LogP contribution in [0.3, 0.4) is 0 Å². The van der Waals surface area contributed by atoms with Crippen LogP contribution >= 0.6 is 0 Å². The van der Waals surface area contributed by atoms with E-state index < -0.39 is 5.97 Å². The van der Waals surface area contributed by atoms with E-state index in [0.29, 0.717) is 30.3 Å². The number of nitrogens with zero attached hydrogens (tertiary/aromatic N) is 4. The fourth-order valence-electron chi connectivity index (χ4n) is 3.64. The zero-order valence-electron chi connectivity index (χ0n) is 18.8. The minimum absolute atomic E-state index is 0.392. The number of aromatic nitrogens is 2. The van der Waals surface area contributed by atoms with E-state index in [4.69, 9.17) is 14.5 Å². The van der Waals surface area contributed by atoms with Crippen molar-refractivity contribution in [2.24, 2.45) is 0 Å². The van der Waals surface area contributed by atoms with Crippen molar-refractivity contribution >= 4 is 11.8 Å².